The minimum atomic E-state index is 0. The minimum absolute atomic E-state index is 0. The quantitative estimate of drug-likeness (QED) is 0.742. The Kier molecular flexibility index (Phi) is 3.68. The zero-order valence-electron chi connectivity index (χ0n) is 10.2. The lowest BCUT2D eigenvalue weighted by Crippen LogP contribution is -1.93. The van der Waals surface area contributed by atoms with Crippen LogP contribution in [0.4, 0.5) is 0 Å². The first-order valence-electron chi connectivity index (χ1n) is 5.79. The summed E-state index contributed by atoms with van der Waals surface area (Å²) < 4.78 is 0. The van der Waals surface area contributed by atoms with Crippen LogP contribution in [0, 0.1) is 6.92 Å². The molecule has 0 aliphatic carbocycles. The highest BCUT2D eigenvalue weighted by Crippen LogP contribution is 2.22. The molecule has 1 N–H and O–H groups in total. The van der Waals surface area contributed by atoms with E-state index in [2.05, 4.69) is 53.3 Å². The van der Waals surface area contributed by atoms with Crippen LogP contribution in [0.15, 0.2) is 48.8 Å². The number of aromatic nitrogens is 2. The second kappa shape index (κ2) is 5.23. The zero-order valence-corrected chi connectivity index (χ0v) is 11.0. The summed E-state index contributed by atoms with van der Waals surface area (Å²) in [5.74, 6) is 1.01. The van der Waals surface area contributed by atoms with E-state index in [0.29, 0.717) is 0 Å². The van der Waals surface area contributed by atoms with Gasteiger partial charge in [-0.15, -0.1) is 12.4 Å². The second-order valence-electron chi connectivity index (χ2n) is 4.36. The Morgan fingerprint density at radius 2 is 2.00 bits per heavy atom. The summed E-state index contributed by atoms with van der Waals surface area (Å²) in [6.45, 7) is 2.14. The number of benzene rings is 2. The van der Waals surface area contributed by atoms with Gasteiger partial charge in [-0.05, 0) is 23.3 Å². The number of hydrogen-bond donors (Lipinski definition) is 1. The number of rotatable bonds is 2. The van der Waals surface area contributed by atoms with E-state index in [1.54, 1.807) is 6.20 Å². The number of aromatic amines is 1. The average Bonchev–Trinajstić information content (AvgIpc) is 2.81. The van der Waals surface area contributed by atoms with Crippen molar-refractivity contribution < 1.29 is 0 Å². The van der Waals surface area contributed by atoms with Crippen LogP contribution >= 0.6 is 12.4 Å². The van der Waals surface area contributed by atoms with Gasteiger partial charge in [0.15, 0.2) is 0 Å². The number of imidazole rings is 1. The Hall–Kier alpha value is -1.80. The molecule has 2 aromatic carbocycles. The zero-order chi connectivity index (χ0) is 11.7. The molecule has 0 aliphatic heterocycles. The third-order valence-electron chi connectivity index (χ3n) is 3.00. The predicted octanol–water partition coefficient (Wildman–Crippen LogP) is 3.88. The van der Waals surface area contributed by atoms with Crippen LogP contribution in [0.5, 0.6) is 0 Å². The lowest BCUT2D eigenvalue weighted by Gasteiger charge is -2.07. The van der Waals surface area contributed by atoms with E-state index in [1.165, 1.54) is 21.9 Å². The molecule has 0 aliphatic rings. The molecule has 92 valence electrons. The number of nitrogens with zero attached hydrogens (tertiary/aromatic N) is 1. The standard InChI is InChI=1S/C15H14N2.ClH/c1-11-8-12-4-2-3-5-14(12)13(9-11)10-15-16-6-7-17-15;/h2-9H,10H2,1H3,(H,16,17);1H. The summed E-state index contributed by atoms with van der Waals surface area (Å²) in [4.78, 5) is 7.45. The SMILES string of the molecule is Cc1cc(Cc2ncc[nH]2)c2ccccc2c1.Cl. The van der Waals surface area contributed by atoms with Crippen LogP contribution in [0.1, 0.15) is 17.0 Å². The Bertz CT molecular complexity index is 645. The van der Waals surface area contributed by atoms with Gasteiger partial charge in [-0.25, -0.2) is 4.98 Å². The highest BCUT2D eigenvalue weighted by atomic mass is 35.5. The summed E-state index contributed by atoms with van der Waals surface area (Å²) in [7, 11) is 0. The molecule has 0 saturated carbocycles. The van der Waals surface area contributed by atoms with Crippen molar-refractivity contribution in [3.63, 3.8) is 0 Å². The van der Waals surface area contributed by atoms with Crippen molar-refractivity contribution in [3.8, 4) is 0 Å². The summed E-state index contributed by atoms with van der Waals surface area (Å²) in [6, 6.07) is 13.0. The van der Waals surface area contributed by atoms with Crippen molar-refractivity contribution in [2.45, 2.75) is 13.3 Å². The monoisotopic (exact) mass is 258 g/mol. The van der Waals surface area contributed by atoms with E-state index in [9.17, 15) is 0 Å². The first-order chi connectivity index (χ1) is 8.33. The number of halogens is 1. The smallest absolute Gasteiger partial charge is 0.110 e. The van der Waals surface area contributed by atoms with Gasteiger partial charge >= 0.3 is 0 Å². The molecular formula is C15H15ClN2. The highest BCUT2D eigenvalue weighted by molar-refractivity contribution is 5.86. The van der Waals surface area contributed by atoms with Crippen LogP contribution in [-0.4, -0.2) is 9.97 Å². The topological polar surface area (TPSA) is 28.7 Å². The summed E-state index contributed by atoms with van der Waals surface area (Å²) in [6.07, 6.45) is 4.52. The van der Waals surface area contributed by atoms with Gasteiger partial charge in [-0.3, -0.25) is 0 Å². The van der Waals surface area contributed by atoms with Crippen molar-refractivity contribution in [2.24, 2.45) is 0 Å². The molecule has 1 aromatic heterocycles. The highest BCUT2D eigenvalue weighted by Gasteiger charge is 2.04. The van der Waals surface area contributed by atoms with Gasteiger partial charge in [-0.1, -0.05) is 42.0 Å². The van der Waals surface area contributed by atoms with Crippen LogP contribution in [0.25, 0.3) is 10.8 Å². The van der Waals surface area contributed by atoms with E-state index < -0.39 is 0 Å². The van der Waals surface area contributed by atoms with Gasteiger partial charge in [0.05, 0.1) is 0 Å². The van der Waals surface area contributed by atoms with E-state index >= 15 is 0 Å². The van der Waals surface area contributed by atoms with Crippen LogP contribution in [0.2, 0.25) is 0 Å². The first-order valence-corrected chi connectivity index (χ1v) is 5.79. The van der Waals surface area contributed by atoms with Crippen LogP contribution in [-0.2, 0) is 6.42 Å². The normalized spacial score (nSPS) is 10.3. The first kappa shape index (κ1) is 12.7. The molecular weight excluding hydrogens is 244 g/mol. The molecule has 0 atom stereocenters. The Labute approximate surface area is 112 Å². The van der Waals surface area contributed by atoms with Crippen molar-refractivity contribution >= 4 is 23.2 Å². The molecule has 0 bridgehead atoms. The molecule has 3 heteroatoms. The maximum Gasteiger partial charge on any atom is 0.110 e. The predicted molar refractivity (Wildman–Crippen MR) is 77.3 cm³/mol. The van der Waals surface area contributed by atoms with Gasteiger partial charge in [-0.2, -0.15) is 0 Å². The summed E-state index contributed by atoms with van der Waals surface area (Å²) >= 11 is 0. The van der Waals surface area contributed by atoms with Gasteiger partial charge in [0, 0.05) is 18.8 Å². The number of nitrogens with one attached hydrogen (secondary N) is 1. The summed E-state index contributed by atoms with van der Waals surface area (Å²) in [5.41, 5.74) is 2.63. The molecule has 3 rings (SSSR count). The van der Waals surface area contributed by atoms with Gasteiger partial charge in [0.1, 0.15) is 5.82 Å². The van der Waals surface area contributed by atoms with E-state index in [4.69, 9.17) is 0 Å². The van der Waals surface area contributed by atoms with Crippen molar-refractivity contribution in [1.29, 1.82) is 0 Å². The molecule has 0 radical (unpaired) electrons. The third-order valence-corrected chi connectivity index (χ3v) is 3.00. The molecule has 0 unspecified atom stereocenters. The molecule has 2 nitrogen and oxygen atoms in total. The second-order valence-corrected chi connectivity index (χ2v) is 4.36. The molecule has 1 heterocycles. The van der Waals surface area contributed by atoms with Crippen molar-refractivity contribution in [2.75, 3.05) is 0 Å². The Morgan fingerprint density at radius 3 is 2.78 bits per heavy atom. The molecule has 0 fully saturated rings. The Balaban J connectivity index is 0.00000120. The fraction of sp³-hybridized carbons (Fsp3) is 0.133. The van der Waals surface area contributed by atoms with Crippen LogP contribution < -0.4 is 0 Å². The van der Waals surface area contributed by atoms with Crippen LogP contribution in [0.3, 0.4) is 0 Å². The molecule has 3 aromatic rings. The number of aryl methyl sites for hydroxylation is 1. The van der Waals surface area contributed by atoms with Crippen molar-refractivity contribution in [1.82, 2.24) is 9.97 Å². The number of H-pyrrole nitrogens is 1. The minimum Gasteiger partial charge on any atom is -0.348 e. The fourth-order valence-corrected chi connectivity index (χ4v) is 2.28. The van der Waals surface area contributed by atoms with Gasteiger partial charge in [0.2, 0.25) is 0 Å². The van der Waals surface area contributed by atoms with E-state index in [-0.39, 0.29) is 12.4 Å². The van der Waals surface area contributed by atoms with E-state index in [1.807, 2.05) is 6.20 Å². The van der Waals surface area contributed by atoms with E-state index in [0.717, 1.165) is 12.2 Å². The van der Waals surface area contributed by atoms with Gasteiger partial charge < -0.3 is 4.98 Å². The molecule has 18 heavy (non-hydrogen) atoms. The summed E-state index contributed by atoms with van der Waals surface area (Å²) in [5, 5.41) is 2.61. The maximum atomic E-state index is 4.29. The Morgan fingerprint density at radius 1 is 1.17 bits per heavy atom. The van der Waals surface area contributed by atoms with Crippen molar-refractivity contribution in [3.05, 3.63) is 65.7 Å². The fourth-order valence-electron chi connectivity index (χ4n) is 2.28. The third kappa shape index (κ3) is 2.39. The van der Waals surface area contributed by atoms with Gasteiger partial charge in [0.25, 0.3) is 0 Å². The molecule has 0 amide bonds. The molecule has 0 saturated heterocycles. The number of fused-ring (bicyclic) bond motifs is 1. The lowest BCUT2D eigenvalue weighted by molar-refractivity contribution is 1.03. The maximum absolute atomic E-state index is 4.29. The lowest BCUT2D eigenvalue weighted by atomic mass is 9.99. The largest absolute Gasteiger partial charge is 0.348 e. The molecule has 0 spiro atoms. The number of hydrogen-bond acceptors (Lipinski definition) is 1. The average molecular weight is 259 g/mol.